The summed E-state index contributed by atoms with van der Waals surface area (Å²) in [5.74, 6) is 0.350. The van der Waals surface area contributed by atoms with Gasteiger partial charge in [-0.1, -0.05) is 26.3 Å². The zero-order valence-corrected chi connectivity index (χ0v) is 11.3. The van der Waals surface area contributed by atoms with Crippen LogP contribution in [-0.4, -0.2) is 0 Å². The summed E-state index contributed by atoms with van der Waals surface area (Å²) in [7, 11) is 0. The lowest BCUT2D eigenvalue weighted by molar-refractivity contribution is 0.507. The third kappa shape index (κ3) is 3.76. The Morgan fingerprint density at radius 1 is 1.47 bits per heavy atom. The van der Waals surface area contributed by atoms with Gasteiger partial charge in [0.05, 0.1) is 9.85 Å². The molecule has 0 saturated heterocycles. The third-order valence-corrected chi connectivity index (χ3v) is 3.65. The highest BCUT2D eigenvalue weighted by Gasteiger charge is 2.12. The van der Waals surface area contributed by atoms with Crippen molar-refractivity contribution in [2.45, 2.75) is 32.1 Å². The summed E-state index contributed by atoms with van der Waals surface area (Å²) in [5.41, 5.74) is 0.977. The minimum absolute atomic E-state index is 0.0307. The van der Waals surface area contributed by atoms with Crippen LogP contribution in [0.1, 0.15) is 37.6 Å². The van der Waals surface area contributed by atoms with Gasteiger partial charge in [0.25, 0.3) is 0 Å². The van der Waals surface area contributed by atoms with Crippen molar-refractivity contribution < 1.29 is 4.39 Å². The molecule has 15 heavy (non-hydrogen) atoms. The van der Waals surface area contributed by atoms with Crippen molar-refractivity contribution in [3.63, 3.8) is 0 Å². The second-order valence-electron chi connectivity index (χ2n) is 3.89. The molecule has 0 heterocycles. The van der Waals surface area contributed by atoms with Crippen LogP contribution in [0.5, 0.6) is 0 Å². The summed E-state index contributed by atoms with van der Waals surface area (Å²) in [6.07, 6.45) is 2.04. The van der Waals surface area contributed by atoms with E-state index in [0.29, 0.717) is 10.4 Å². The Labute approximate surface area is 104 Å². The summed E-state index contributed by atoms with van der Waals surface area (Å²) in [5, 5.41) is -0.0307. The zero-order chi connectivity index (χ0) is 11.4. The maximum Gasteiger partial charge on any atom is 0.137 e. The van der Waals surface area contributed by atoms with Crippen LogP contribution in [-0.2, 0) is 0 Å². The lowest BCUT2D eigenvalue weighted by atomic mass is 9.99. The van der Waals surface area contributed by atoms with Gasteiger partial charge in [0.2, 0.25) is 0 Å². The number of hydrogen-bond donors (Lipinski definition) is 0. The largest absolute Gasteiger partial charge is 0.206 e. The van der Waals surface area contributed by atoms with Crippen LogP contribution >= 0.6 is 27.5 Å². The van der Waals surface area contributed by atoms with E-state index in [9.17, 15) is 4.39 Å². The number of benzene rings is 1. The molecule has 1 aromatic rings. The highest BCUT2D eigenvalue weighted by molar-refractivity contribution is 9.10. The van der Waals surface area contributed by atoms with Gasteiger partial charge < -0.3 is 0 Å². The van der Waals surface area contributed by atoms with Gasteiger partial charge in [-0.15, -0.1) is 11.6 Å². The van der Waals surface area contributed by atoms with E-state index in [0.717, 1.165) is 18.4 Å². The Kier molecular flexibility index (Phi) is 5.07. The first-order valence-corrected chi connectivity index (χ1v) is 6.36. The second kappa shape index (κ2) is 5.86. The van der Waals surface area contributed by atoms with E-state index in [4.69, 9.17) is 11.6 Å². The Morgan fingerprint density at radius 2 is 2.13 bits per heavy atom. The summed E-state index contributed by atoms with van der Waals surface area (Å²) in [6, 6.07) is 4.96. The summed E-state index contributed by atoms with van der Waals surface area (Å²) >= 11 is 9.42. The first kappa shape index (κ1) is 13.0. The molecule has 84 valence electrons. The van der Waals surface area contributed by atoms with E-state index >= 15 is 0 Å². The molecule has 0 aliphatic heterocycles. The van der Waals surface area contributed by atoms with Gasteiger partial charge in [-0.25, -0.2) is 4.39 Å². The first-order valence-electron chi connectivity index (χ1n) is 5.13. The first-order chi connectivity index (χ1) is 7.04. The standard InChI is InChI=1S/C12H15BrClF/c1-3-8(2)6-11(14)9-4-5-12(15)10(13)7-9/h4-5,7-8,11H,3,6H2,1-2H3. The van der Waals surface area contributed by atoms with E-state index in [1.807, 2.05) is 0 Å². The van der Waals surface area contributed by atoms with Crippen molar-refractivity contribution in [3.8, 4) is 0 Å². The van der Waals surface area contributed by atoms with Crippen molar-refractivity contribution in [1.29, 1.82) is 0 Å². The maximum atomic E-state index is 13.0. The van der Waals surface area contributed by atoms with Gasteiger partial charge in [-0.3, -0.25) is 0 Å². The molecule has 1 aromatic carbocycles. The molecule has 0 aliphatic rings. The highest BCUT2D eigenvalue weighted by Crippen LogP contribution is 2.31. The molecule has 0 fully saturated rings. The van der Waals surface area contributed by atoms with E-state index < -0.39 is 0 Å². The van der Waals surface area contributed by atoms with Crippen molar-refractivity contribution >= 4 is 27.5 Å². The van der Waals surface area contributed by atoms with Crippen molar-refractivity contribution in [1.82, 2.24) is 0 Å². The van der Waals surface area contributed by atoms with Crippen molar-refractivity contribution in [2.75, 3.05) is 0 Å². The average molecular weight is 294 g/mol. The summed E-state index contributed by atoms with van der Waals surface area (Å²) in [4.78, 5) is 0. The molecule has 0 nitrogen and oxygen atoms in total. The van der Waals surface area contributed by atoms with Gasteiger partial charge in [-0.05, 0) is 46.0 Å². The monoisotopic (exact) mass is 292 g/mol. The Morgan fingerprint density at radius 3 is 2.67 bits per heavy atom. The number of rotatable bonds is 4. The number of hydrogen-bond acceptors (Lipinski definition) is 0. The molecule has 0 spiro atoms. The fourth-order valence-corrected chi connectivity index (χ4v) is 2.20. The molecule has 2 atom stereocenters. The maximum absolute atomic E-state index is 13.0. The van der Waals surface area contributed by atoms with Crippen LogP contribution in [0.4, 0.5) is 4.39 Å². The Bertz CT molecular complexity index is 327. The quantitative estimate of drug-likeness (QED) is 0.660. The van der Waals surface area contributed by atoms with Crippen LogP contribution < -0.4 is 0 Å². The second-order valence-corrected chi connectivity index (χ2v) is 5.27. The SMILES string of the molecule is CCC(C)CC(Cl)c1ccc(F)c(Br)c1. The molecule has 0 radical (unpaired) electrons. The molecule has 0 aromatic heterocycles. The molecular weight excluding hydrogens is 278 g/mol. The van der Waals surface area contributed by atoms with Crippen molar-refractivity contribution in [2.24, 2.45) is 5.92 Å². The molecule has 0 aliphatic carbocycles. The lowest BCUT2D eigenvalue weighted by Gasteiger charge is -2.14. The molecule has 2 unspecified atom stereocenters. The van der Waals surface area contributed by atoms with E-state index in [1.165, 1.54) is 6.07 Å². The number of alkyl halides is 1. The minimum atomic E-state index is -0.244. The zero-order valence-electron chi connectivity index (χ0n) is 8.93. The van der Waals surface area contributed by atoms with Crippen molar-refractivity contribution in [3.05, 3.63) is 34.1 Å². The van der Waals surface area contributed by atoms with E-state index in [-0.39, 0.29) is 11.2 Å². The van der Waals surface area contributed by atoms with Gasteiger partial charge in [0.1, 0.15) is 5.82 Å². The molecule has 0 amide bonds. The fourth-order valence-electron chi connectivity index (χ4n) is 1.36. The van der Waals surface area contributed by atoms with E-state index in [2.05, 4.69) is 29.8 Å². The normalized spacial score (nSPS) is 15.0. The molecule has 0 bridgehead atoms. The van der Waals surface area contributed by atoms with Gasteiger partial charge in [0, 0.05) is 0 Å². The van der Waals surface area contributed by atoms with Crippen LogP contribution in [0, 0.1) is 11.7 Å². The Balaban J connectivity index is 2.73. The number of halogens is 3. The van der Waals surface area contributed by atoms with Gasteiger partial charge >= 0.3 is 0 Å². The van der Waals surface area contributed by atoms with Crippen LogP contribution in [0.2, 0.25) is 0 Å². The summed E-state index contributed by atoms with van der Waals surface area (Å²) in [6.45, 7) is 4.32. The predicted octanol–water partition coefficient (Wildman–Crippen LogP) is 5.30. The van der Waals surface area contributed by atoms with Gasteiger partial charge in [-0.2, -0.15) is 0 Å². The molecule has 3 heteroatoms. The third-order valence-electron chi connectivity index (χ3n) is 2.61. The molecular formula is C12H15BrClF. The predicted molar refractivity (Wildman–Crippen MR) is 66.8 cm³/mol. The van der Waals surface area contributed by atoms with Crippen LogP contribution in [0.3, 0.4) is 0 Å². The van der Waals surface area contributed by atoms with Crippen LogP contribution in [0.15, 0.2) is 22.7 Å². The molecule has 0 N–H and O–H groups in total. The molecule has 1 rings (SSSR count). The molecule has 0 saturated carbocycles. The Hall–Kier alpha value is -0.0800. The van der Waals surface area contributed by atoms with Crippen LogP contribution in [0.25, 0.3) is 0 Å². The average Bonchev–Trinajstić information content (AvgIpc) is 2.21. The minimum Gasteiger partial charge on any atom is -0.206 e. The van der Waals surface area contributed by atoms with Gasteiger partial charge in [0.15, 0.2) is 0 Å². The smallest absolute Gasteiger partial charge is 0.137 e. The highest BCUT2D eigenvalue weighted by atomic mass is 79.9. The fraction of sp³-hybridized carbons (Fsp3) is 0.500. The van der Waals surface area contributed by atoms with E-state index in [1.54, 1.807) is 12.1 Å². The topological polar surface area (TPSA) is 0 Å². The lowest BCUT2D eigenvalue weighted by Crippen LogP contribution is -1.99. The summed E-state index contributed by atoms with van der Waals surface area (Å²) < 4.78 is 13.5.